The summed E-state index contributed by atoms with van der Waals surface area (Å²) in [5.74, 6) is -0.300. The lowest BCUT2D eigenvalue weighted by molar-refractivity contribution is -0.121. The lowest BCUT2D eigenvalue weighted by atomic mass is 9.95. The third-order valence-corrected chi connectivity index (χ3v) is 6.34. The number of halogens is 1. The lowest BCUT2D eigenvalue weighted by Crippen LogP contribution is -2.37. The summed E-state index contributed by atoms with van der Waals surface area (Å²) in [6.07, 6.45) is 3.68. The van der Waals surface area contributed by atoms with Crippen LogP contribution in [0.3, 0.4) is 0 Å². The monoisotopic (exact) mass is 416 g/mol. The minimum Gasteiger partial charge on any atom is -0.326 e. The van der Waals surface area contributed by atoms with E-state index in [1.807, 2.05) is 10.3 Å². The van der Waals surface area contributed by atoms with Crippen LogP contribution in [0.5, 0.6) is 0 Å². The number of benzene rings is 1. The maximum Gasteiger partial charge on any atom is 0.227 e. The van der Waals surface area contributed by atoms with Gasteiger partial charge in [-0.1, -0.05) is 0 Å². The van der Waals surface area contributed by atoms with Crippen LogP contribution in [0.4, 0.5) is 15.2 Å². The second-order valence-corrected chi connectivity index (χ2v) is 8.62. The van der Waals surface area contributed by atoms with Gasteiger partial charge in [-0.3, -0.25) is 19.4 Å². The van der Waals surface area contributed by atoms with Gasteiger partial charge in [0.1, 0.15) is 5.82 Å². The first-order valence-corrected chi connectivity index (χ1v) is 10.9. The van der Waals surface area contributed by atoms with Crippen molar-refractivity contribution in [3.05, 3.63) is 41.2 Å². The molecule has 1 N–H and O–H groups in total. The molecule has 0 spiro atoms. The Morgan fingerprint density at radius 2 is 1.90 bits per heavy atom. The fraction of sp³-hybridized carbons (Fsp3) is 0.476. The Balaban J connectivity index is 1.27. The fourth-order valence-electron chi connectivity index (χ4n) is 3.72. The molecule has 1 aromatic carbocycles. The van der Waals surface area contributed by atoms with Crippen LogP contribution in [0.1, 0.15) is 38.3 Å². The lowest BCUT2D eigenvalue weighted by Gasteiger charge is -2.30. The van der Waals surface area contributed by atoms with Gasteiger partial charge in [0.2, 0.25) is 11.8 Å². The Labute approximate surface area is 173 Å². The number of nitrogens with zero attached hydrogens (tertiary/aromatic N) is 3. The standard InChI is InChI=1S/C21H25FN4O2S/c1-14(27)26(19-6-7-19)21-24-18(13-29-21)12-25-10-8-15(9-11-25)20(28)23-17-4-2-16(22)3-5-17/h2-5,13,15,19H,6-12H2,1H3,(H,23,28). The normalized spacial score (nSPS) is 17.9. The van der Waals surface area contributed by atoms with Crippen molar-refractivity contribution < 1.29 is 14.0 Å². The molecule has 0 atom stereocenters. The molecular weight excluding hydrogens is 391 g/mol. The van der Waals surface area contributed by atoms with Crippen LogP contribution in [0.2, 0.25) is 0 Å². The van der Waals surface area contributed by atoms with Crippen LogP contribution in [0, 0.1) is 11.7 Å². The van der Waals surface area contributed by atoms with E-state index in [1.54, 1.807) is 19.1 Å². The topological polar surface area (TPSA) is 65.5 Å². The van der Waals surface area contributed by atoms with Crippen LogP contribution in [-0.2, 0) is 16.1 Å². The maximum absolute atomic E-state index is 13.0. The summed E-state index contributed by atoms with van der Waals surface area (Å²) in [4.78, 5) is 33.2. The van der Waals surface area contributed by atoms with E-state index in [9.17, 15) is 14.0 Å². The predicted molar refractivity (Wildman–Crippen MR) is 111 cm³/mol. The van der Waals surface area contributed by atoms with Gasteiger partial charge in [-0.05, 0) is 63.0 Å². The molecule has 1 aromatic heterocycles. The molecule has 2 heterocycles. The molecule has 2 fully saturated rings. The number of carbonyl (C=O) groups is 2. The molecule has 1 aliphatic carbocycles. The van der Waals surface area contributed by atoms with Crippen molar-refractivity contribution in [1.29, 1.82) is 0 Å². The zero-order chi connectivity index (χ0) is 20.4. The molecule has 0 bridgehead atoms. The molecule has 2 amide bonds. The molecule has 8 heteroatoms. The Morgan fingerprint density at radius 3 is 2.52 bits per heavy atom. The summed E-state index contributed by atoms with van der Waals surface area (Å²) in [5.41, 5.74) is 1.60. The molecule has 2 aromatic rings. The molecule has 1 saturated carbocycles. The number of rotatable bonds is 6. The van der Waals surface area contributed by atoms with Crippen LogP contribution >= 0.6 is 11.3 Å². The van der Waals surface area contributed by atoms with Crippen molar-refractivity contribution >= 4 is 34.0 Å². The largest absolute Gasteiger partial charge is 0.326 e. The first kappa shape index (κ1) is 20.0. The summed E-state index contributed by atoms with van der Waals surface area (Å²) >= 11 is 1.53. The molecule has 2 aliphatic rings. The Morgan fingerprint density at radius 1 is 1.21 bits per heavy atom. The number of nitrogens with one attached hydrogen (secondary N) is 1. The first-order chi connectivity index (χ1) is 14.0. The molecule has 0 radical (unpaired) electrons. The second kappa shape index (κ2) is 8.59. The molecular formula is C21H25FN4O2S. The number of thiazole rings is 1. The second-order valence-electron chi connectivity index (χ2n) is 7.79. The van der Waals surface area contributed by atoms with Gasteiger partial charge in [0.05, 0.1) is 5.69 Å². The van der Waals surface area contributed by atoms with E-state index in [2.05, 4.69) is 15.2 Å². The van der Waals surface area contributed by atoms with Crippen molar-refractivity contribution in [2.75, 3.05) is 23.3 Å². The average Bonchev–Trinajstić information content (AvgIpc) is 3.42. The summed E-state index contributed by atoms with van der Waals surface area (Å²) in [6.45, 7) is 3.99. The van der Waals surface area contributed by atoms with Gasteiger partial charge in [-0.2, -0.15) is 0 Å². The van der Waals surface area contributed by atoms with E-state index < -0.39 is 0 Å². The fourth-order valence-corrected chi connectivity index (χ4v) is 4.65. The Kier molecular flexibility index (Phi) is 5.91. The van der Waals surface area contributed by atoms with Crippen LogP contribution in [0.25, 0.3) is 0 Å². The van der Waals surface area contributed by atoms with Gasteiger partial charge in [0.25, 0.3) is 0 Å². The highest BCUT2D eigenvalue weighted by Crippen LogP contribution is 2.34. The molecule has 154 valence electrons. The number of aromatic nitrogens is 1. The first-order valence-electron chi connectivity index (χ1n) is 10.0. The molecule has 1 aliphatic heterocycles. The summed E-state index contributed by atoms with van der Waals surface area (Å²) < 4.78 is 13.0. The van der Waals surface area contributed by atoms with Gasteiger partial charge >= 0.3 is 0 Å². The highest BCUT2D eigenvalue weighted by atomic mass is 32.1. The highest BCUT2D eigenvalue weighted by molar-refractivity contribution is 7.14. The van der Waals surface area contributed by atoms with Crippen LogP contribution in [-0.4, -0.2) is 40.8 Å². The Hall–Kier alpha value is -2.32. The Bertz CT molecular complexity index is 873. The van der Waals surface area contributed by atoms with E-state index >= 15 is 0 Å². The summed E-state index contributed by atoms with van der Waals surface area (Å²) in [7, 11) is 0. The van der Waals surface area contributed by atoms with E-state index in [4.69, 9.17) is 0 Å². The van der Waals surface area contributed by atoms with E-state index in [0.717, 1.165) is 56.1 Å². The number of anilines is 2. The number of carbonyl (C=O) groups excluding carboxylic acids is 2. The predicted octanol–water partition coefficient (Wildman–Crippen LogP) is 3.65. The third-order valence-electron chi connectivity index (χ3n) is 5.45. The van der Waals surface area contributed by atoms with Crippen molar-refractivity contribution in [3.63, 3.8) is 0 Å². The number of amides is 2. The minimum absolute atomic E-state index is 0.00580. The van der Waals surface area contributed by atoms with Crippen LogP contribution < -0.4 is 10.2 Å². The number of hydrogen-bond donors (Lipinski definition) is 1. The van der Waals surface area contributed by atoms with Gasteiger partial charge in [0.15, 0.2) is 5.13 Å². The molecule has 29 heavy (non-hydrogen) atoms. The van der Waals surface area contributed by atoms with Gasteiger partial charge in [0, 0.05) is 36.5 Å². The maximum atomic E-state index is 13.0. The van der Waals surface area contributed by atoms with E-state index in [0.29, 0.717) is 11.7 Å². The van der Waals surface area contributed by atoms with Crippen molar-refractivity contribution in [2.24, 2.45) is 5.92 Å². The molecule has 6 nitrogen and oxygen atoms in total. The molecule has 0 unspecified atom stereocenters. The van der Waals surface area contributed by atoms with Gasteiger partial charge in [-0.15, -0.1) is 11.3 Å². The van der Waals surface area contributed by atoms with Gasteiger partial charge in [-0.25, -0.2) is 9.37 Å². The summed E-state index contributed by atoms with van der Waals surface area (Å²) in [6, 6.07) is 6.16. The number of piperidine rings is 1. The summed E-state index contributed by atoms with van der Waals surface area (Å²) in [5, 5.41) is 5.70. The third kappa shape index (κ3) is 5.00. The average molecular weight is 417 g/mol. The van der Waals surface area contributed by atoms with Crippen molar-refractivity contribution in [3.8, 4) is 0 Å². The van der Waals surface area contributed by atoms with Crippen molar-refractivity contribution in [1.82, 2.24) is 9.88 Å². The van der Waals surface area contributed by atoms with Crippen LogP contribution in [0.15, 0.2) is 29.6 Å². The molecule has 1 saturated heterocycles. The number of likely N-dealkylation sites (tertiary alicyclic amines) is 1. The van der Waals surface area contributed by atoms with E-state index in [-0.39, 0.29) is 23.5 Å². The zero-order valence-electron chi connectivity index (χ0n) is 16.4. The zero-order valence-corrected chi connectivity index (χ0v) is 17.3. The van der Waals surface area contributed by atoms with E-state index in [1.165, 1.54) is 23.5 Å². The van der Waals surface area contributed by atoms with Gasteiger partial charge < -0.3 is 5.32 Å². The van der Waals surface area contributed by atoms with Crippen molar-refractivity contribution in [2.45, 2.75) is 45.2 Å². The molecule has 4 rings (SSSR count). The SMILES string of the molecule is CC(=O)N(c1nc(CN2CCC(C(=O)Nc3ccc(F)cc3)CC2)cs1)C1CC1. The smallest absolute Gasteiger partial charge is 0.227 e. The number of hydrogen-bond acceptors (Lipinski definition) is 5. The minimum atomic E-state index is -0.315. The quantitative estimate of drug-likeness (QED) is 0.781. The highest BCUT2D eigenvalue weighted by Gasteiger charge is 2.34.